The fraction of sp³-hybridized carbons (Fsp3) is 0.700. The Morgan fingerprint density at radius 1 is 1.54 bits per heavy atom. The summed E-state index contributed by atoms with van der Waals surface area (Å²) in [6.07, 6.45) is 7.85. The highest BCUT2D eigenvalue weighted by molar-refractivity contribution is 5.78. The van der Waals surface area contributed by atoms with Gasteiger partial charge in [-0.05, 0) is 19.3 Å². The number of hydrogen-bond donors (Lipinski definition) is 2. The Morgan fingerprint density at radius 3 is 2.85 bits per heavy atom. The summed E-state index contributed by atoms with van der Waals surface area (Å²) >= 11 is 0. The smallest absolute Gasteiger partial charge is 0.188 e. The normalized spacial score (nSPS) is 18.9. The fourth-order valence-electron chi connectivity index (χ4n) is 1.60. The van der Waals surface area contributed by atoms with E-state index in [9.17, 15) is 0 Å². The second-order valence-electron chi connectivity index (χ2n) is 3.47. The van der Waals surface area contributed by atoms with E-state index in [-0.39, 0.29) is 0 Å². The lowest BCUT2D eigenvalue weighted by atomic mass is 10.2. The van der Waals surface area contributed by atoms with E-state index >= 15 is 0 Å². The minimum Gasteiger partial charge on any atom is -0.370 e. The summed E-state index contributed by atoms with van der Waals surface area (Å²) in [6.45, 7) is 4.38. The van der Waals surface area contributed by atoms with Crippen molar-refractivity contribution in [1.82, 2.24) is 5.32 Å². The Kier molecular flexibility index (Phi) is 4.36. The predicted molar refractivity (Wildman–Crippen MR) is 56.7 cm³/mol. The Balaban J connectivity index is 2.18. The molecule has 1 saturated carbocycles. The maximum absolute atomic E-state index is 5.70. The first-order valence-electron chi connectivity index (χ1n) is 5.00. The number of guanidine groups is 1. The van der Waals surface area contributed by atoms with Crippen molar-refractivity contribution in [3.8, 4) is 0 Å². The molecule has 0 aromatic carbocycles. The second kappa shape index (κ2) is 5.62. The van der Waals surface area contributed by atoms with Crippen molar-refractivity contribution >= 4 is 5.96 Å². The molecule has 0 aromatic rings. The van der Waals surface area contributed by atoms with Crippen LogP contribution in [0.25, 0.3) is 0 Å². The number of hydrogen-bond acceptors (Lipinski definition) is 1. The lowest BCUT2D eigenvalue weighted by Crippen LogP contribution is -2.38. The summed E-state index contributed by atoms with van der Waals surface area (Å²) in [7, 11) is 0. The van der Waals surface area contributed by atoms with Gasteiger partial charge in [-0.2, -0.15) is 0 Å². The molecule has 1 fully saturated rings. The fourth-order valence-corrected chi connectivity index (χ4v) is 1.60. The van der Waals surface area contributed by atoms with Gasteiger partial charge in [0.25, 0.3) is 0 Å². The minimum atomic E-state index is 0.562. The molecule has 0 atom stereocenters. The lowest BCUT2D eigenvalue weighted by Gasteiger charge is -2.11. The third-order valence-corrected chi connectivity index (χ3v) is 2.32. The minimum absolute atomic E-state index is 0.562. The van der Waals surface area contributed by atoms with E-state index in [1.54, 1.807) is 0 Å². The molecule has 3 heteroatoms. The van der Waals surface area contributed by atoms with Gasteiger partial charge in [0.1, 0.15) is 0 Å². The van der Waals surface area contributed by atoms with Gasteiger partial charge in [-0.15, -0.1) is 6.58 Å². The molecule has 3 N–H and O–H groups in total. The second-order valence-corrected chi connectivity index (χ2v) is 3.47. The SMILES string of the molecule is C=CCCN=C(N)NC1CCCC1. The van der Waals surface area contributed by atoms with Gasteiger partial charge < -0.3 is 11.1 Å². The molecule has 3 nitrogen and oxygen atoms in total. The number of aliphatic imine (C=N–C) groups is 1. The van der Waals surface area contributed by atoms with Gasteiger partial charge in [-0.1, -0.05) is 18.9 Å². The summed E-state index contributed by atoms with van der Waals surface area (Å²) in [5, 5.41) is 3.23. The largest absolute Gasteiger partial charge is 0.370 e. The molecule has 0 saturated heterocycles. The van der Waals surface area contributed by atoms with Crippen molar-refractivity contribution in [1.29, 1.82) is 0 Å². The van der Waals surface area contributed by atoms with Crippen LogP contribution in [0.4, 0.5) is 0 Å². The van der Waals surface area contributed by atoms with E-state index in [4.69, 9.17) is 5.73 Å². The van der Waals surface area contributed by atoms with Crippen molar-refractivity contribution in [3.63, 3.8) is 0 Å². The summed E-state index contributed by atoms with van der Waals surface area (Å²) in [5.74, 6) is 0.591. The molecule has 0 bridgehead atoms. The molecule has 1 aliphatic rings. The summed E-state index contributed by atoms with van der Waals surface area (Å²) in [6, 6.07) is 0.562. The van der Waals surface area contributed by atoms with Crippen LogP contribution in [0.5, 0.6) is 0 Å². The zero-order chi connectivity index (χ0) is 9.52. The number of nitrogens with one attached hydrogen (secondary N) is 1. The zero-order valence-electron chi connectivity index (χ0n) is 8.13. The van der Waals surface area contributed by atoms with Crippen LogP contribution >= 0.6 is 0 Å². The molecule has 0 radical (unpaired) electrons. The topological polar surface area (TPSA) is 50.4 Å². The first-order chi connectivity index (χ1) is 6.33. The molecule has 0 amide bonds. The average molecular weight is 181 g/mol. The summed E-state index contributed by atoms with van der Waals surface area (Å²) in [5.41, 5.74) is 5.70. The van der Waals surface area contributed by atoms with Crippen LogP contribution in [-0.2, 0) is 0 Å². The highest BCUT2D eigenvalue weighted by Crippen LogP contribution is 2.17. The van der Waals surface area contributed by atoms with Crippen molar-refractivity contribution in [2.75, 3.05) is 6.54 Å². The van der Waals surface area contributed by atoms with Crippen LogP contribution < -0.4 is 11.1 Å². The van der Waals surface area contributed by atoms with E-state index in [1.807, 2.05) is 6.08 Å². The molecule has 0 spiro atoms. The van der Waals surface area contributed by atoms with Crippen molar-refractivity contribution in [3.05, 3.63) is 12.7 Å². The lowest BCUT2D eigenvalue weighted by molar-refractivity contribution is 0.625. The van der Waals surface area contributed by atoms with Crippen LogP contribution in [0, 0.1) is 0 Å². The number of nitrogens with two attached hydrogens (primary N) is 1. The summed E-state index contributed by atoms with van der Waals surface area (Å²) < 4.78 is 0. The molecular formula is C10H19N3. The van der Waals surface area contributed by atoms with Gasteiger partial charge in [0.05, 0.1) is 0 Å². The predicted octanol–water partition coefficient (Wildman–Crippen LogP) is 1.41. The first kappa shape index (κ1) is 10.1. The Hall–Kier alpha value is -0.990. The maximum Gasteiger partial charge on any atom is 0.188 e. The molecule has 1 aliphatic carbocycles. The van der Waals surface area contributed by atoms with Gasteiger partial charge in [0.15, 0.2) is 5.96 Å². The standard InChI is InChI=1S/C10H19N3/c1-2-3-8-12-10(11)13-9-6-4-5-7-9/h2,9H,1,3-8H2,(H3,11,12,13). The van der Waals surface area contributed by atoms with Crippen LogP contribution in [0.1, 0.15) is 32.1 Å². The van der Waals surface area contributed by atoms with E-state index in [1.165, 1.54) is 25.7 Å². The van der Waals surface area contributed by atoms with Crippen LogP contribution in [0.2, 0.25) is 0 Å². The van der Waals surface area contributed by atoms with E-state index < -0.39 is 0 Å². The van der Waals surface area contributed by atoms with Gasteiger partial charge in [0, 0.05) is 12.6 Å². The van der Waals surface area contributed by atoms with Crippen LogP contribution in [-0.4, -0.2) is 18.5 Å². The van der Waals surface area contributed by atoms with E-state index in [0.29, 0.717) is 12.0 Å². The Bertz CT molecular complexity index is 181. The first-order valence-corrected chi connectivity index (χ1v) is 5.00. The van der Waals surface area contributed by atoms with Crippen LogP contribution in [0.15, 0.2) is 17.6 Å². The monoisotopic (exact) mass is 181 g/mol. The van der Waals surface area contributed by atoms with Crippen molar-refractivity contribution in [2.45, 2.75) is 38.1 Å². The van der Waals surface area contributed by atoms with Gasteiger partial charge >= 0.3 is 0 Å². The van der Waals surface area contributed by atoms with Gasteiger partial charge in [-0.3, -0.25) is 4.99 Å². The van der Waals surface area contributed by atoms with Crippen LogP contribution in [0.3, 0.4) is 0 Å². The third kappa shape index (κ3) is 3.97. The molecule has 0 aliphatic heterocycles. The number of nitrogens with zero attached hydrogens (tertiary/aromatic N) is 1. The highest BCUT2D eigenvalue weighted by Gasteiger charge is 2.14. The molecule has 0 aromatic heterocycles. The van der Waals surface area contributed by atoms with Gasteiger partial charge in [-0.25, -0.2) is 0 Å². The number of rotatable bonds is 4. The molecular weight excluding hydrogens is 162 g/mol. The quantitative estimate of drug-likeness (QED) is 0.298. The van der Waals surface area contributed by atoms with Crippen molar-refractivity contribution < 1.29 is 0 Å². The zero-order valence-corrected chi connectivity index (χ0v) is 8.13. The molecule has 13 heavy (non-hydrogen) atoms. The summed E-state index contributed by atoms with van der Waals surface area (Å²) in [4.78, 5) is 4.19. The highest BCUT2D eigenvalue weighted by atomic mass is 15.1. The van der Waals surface area contributed by atoms with Gasteiger partial charge in [0.2, 0.25) is 0 Å². The Morgan fingerprint density at radius 2 is 2.23 bits per heavy atom. The van der Waals surface area contributed by atoms with Crippen molar-refractivity contribution in [2.24, 2.45) is 10.7 Å². The Labute approximate surface area is 80.1 Å². The molecule has 0 heterocycles. The molecule has 74 valence electrons. The maximum atomic E-state index is 5.70. The third-order valence-electron chi connectivity index (χ3n) is 2.32. The molecule has 0 unspecified atom stereocenters. The van der Waals surface area contributed by atoms with E-state index in [2.05, 4.69) is 16.9 Å². The average Bonchev–Trinajstić information content (AvgIpc) is 2.57. The van der Waals surface area contributed by atoms with E-state index in [0.717, 1.165) is 13.0 Å². The molecule has 1 rings (SSSR count).